The number of amides is 4. The van der Waals surface area contributed by atoms with Gasteiger partial charge in [0.2, 0.25) is 23.6 Å². The molecule has 3 atom stereocenters. The van der Waals surface area contributed by atoms with Gasteiger partial charge in [-0.15, -0.1) is 0 Å². The Balaban J connectivity index is 2.18. The molecule has 0 spiro atoms. The quantitative estimate of drug-likeness (QED) is 0.0648. The molecule has 0 fully saturated rings. The van der Waals surface area contributed by atoms with Crippen molar-refractivity contribution in [3.05, 3.63) is 36.0 Å². The summed E-state index contributed by atoms with van der Waals surface area (Å²) in [6.07, 6.45) is 1.33. The van der Waals surface area contributed by atoms with Crippen LogP contribution in [0.5, 0.6) is 0 Å². The Labute approximate surface area is 217 Å². The number of nitrogens with one attached hydrogen (secondary N) is 4. The van der Waals surface area contributed by atoms with Gasteiger partial charge in [0.15, 0.2) is 5.96 Å². The molecule has 38 heavy (non-hydrogen) atoms. The van der Waals surface area contributed by atoms with Crippen LogP contribution in [-0.2, 0) is 30.4 Å². The summed E-state index contributed by atoms with van der Waals surface area (Å²) in [5, 5.41) is 17.5. The van der Waals surface area contributed by atoms with Gasteiger partial charge in [-0.3, -0.25) is 24.2 Å². The smallest absolute Gasteiger partial charge is 0.326 e. The third-order valence-corrected chi connectivity index (χ3v) is 5.53. The minimum absolute atomic E-state index is 0.0230. The lowest BCUT2D eigenvalue weighted by atomic mass is 10.0. The van der Waals surface area contributed by atoms with Crippen LogP contribution >= 0.6 is 0 Å². The molecule has 0 saturated carbocycles. The van der Waals surface area contributed by atoms with E-state index in [1.54, 1.807) is 6.20 Å². The van der Waals surface area contributed by atoms with Crippen molar-refractivity contribution < 1.29 is 29.1 Å². The van der Waals surface area contributed by atoms with Crippen LogP contribution in [0.25, 0.3) is 10.9 Å². The molecule has 1 heterocycles. The number of carboxylic acids is 1. The van der Waals surface area contributed by atoms with E-state index in [1.165, 1.54) is 0 Å². The zero-order valence-corrected chi connectivity index (χ0v) is 20.6. The number of guanidine groups is 1. The van der Waals surface area contributed by atoms with Crippen LogP contribution in [0.3, 0.4) is 0 Å². The normalized spacial score (nSPS) is 13.1. The van der Waals surface area contributed by atoms with Crippen LogP contribution in [0, 0.1) is 0 Å². The topological polar surface area (TPSA) is 274 Å². The second-order valence-corrected chi connectivity index (χ2v) is 8.47. The second kappa shape index (κ2) is 14.2. The van der Waals surface area contributed by atoms with Crippen LogP contribution in [-0.4, -0.2) is 76.9 Å². The van der Waals surface area contributed by atoms with Gasteiger partial charge in [-0.25, -0.2) is 4.79 Å². The molecule has 0 radical (unpaired) electrons. The lowest BCUT2D eigenvalue weighted by Crippen LogP contribution is -2.57. The van der Waals surface area contributed by atoms with Gasteiger partial charge >= 0.3 is 5.97 Å². The molecule has 1 aromatic heterocycles. The standard InChI is InChI=1S/C23H33N9O6/c24-10-19(34)30-16(8-12-11-29-14-5-2-1-4-13(12)14)20(35)32-17(9-18(25)33)21(36)31-15(22(37)38)6-3-7-28-23(26)27/h1-2,4-5,11,15-17,29H,3,6-10,24H2,(H2,25,33)(H,30,34)(H,31,36)(H,32,35)(H,37,38)(H4,26,27,28). The van der Waals surface area contributed by atoms with Crippen molar-refractivity contribution in [1.82, 2.24) is 20.9 Å². The Morgan fingerprint density at radius 3 is 2.24 bits per heavy atom. The number of H-pyrrole nitrogens is 1. The highest BCUT2D eigenvalue weighted by molar-refractivity contribution is 5.96. The van der Waals surface area contributed by atoms with Crippen LogP contribution < -0.4 is 38.9 Å². The summed E-state index contributed by atoms with van der Waals surface area (Å²) in [6, 6.07) is 3.32. The number of aliphatic carboxylic acids is 1. The molecule has 3 unspecified atom stereocenters. The van der Waals surface area contributed by atoms with Crippen molar-refractivity contribution >= 4 is 46.5 Å². The molecular weight excluding hydrogens is 498 g/mol. The molecule has 1 aromatic carbocycles. The van der Waals surface area contributed by atoms with Crippen LogP contribution in [0.4, 0.5) is 0 Å². The van der Waals surface area contributed by atoms with Gasteiger partial charge in [-0.1, -0.05) is 18.2 Å². The number of carbonyl (C=O) groups is 5. The van der Waals surface area contributed by atoms with E-state index < -0.39 is 54.1 Å². The highest BCUT2D eigenvalue weighted by Gasteiger charge is 2.31. The molecule has 206 valence electrons. The summed E-state index contributed by atoms with van der Waals surface area (Å²) in [5.41, 5.74) is 22.7. The number of fused-ring (bicyclic) bond motifs is 1. The first kappa shape index (κ1) is 29.6. The second-order valence-electron chi connectivity index (χ2n) is 8.47. The Morgan fingerprint density at radius 2 is 1.61 bits per heavy atom. The van der Waals surface area contributed by atoms with Crippen LogP contribution in [0.2, 0.25) is 0 Å². The number of rotatable bonds is 15. The van der Waals surface area contributed by atoms with Gasteiger partial charge in [-0.2, -0.15) is 0 Å². The van der Waals surface area contributed by atoms with Crippen LogP contribution in [0.15, 0.2) is 35.5 Å². The number of nitrogens with two attached hydrogens (primary N) is 4. The Bertz CT molecular complexity index is 1190. The number of aromatic amines is 1. The third kappa shape index (κ3) is 9.09. The molecule has 4 amide bonds. The molecule has 0 bridgehead atoms. The zero-order chi connectivity index (χ0) is 28.2. The Hall–Kier alpha value is -4.66. The molecule has 0 aliphatic rings. The molecular formula is C23H33N9O6. The number of aromatic nitrogens is 1. The van der Waals surface area contributed by atoms with E-state index in [-0.39, 0.29) is 38.3 Å². The maximum absolute atomic E-state index is 13.2. The van der Waals surface area contributed by atoms with Gasteiger partial charge in [0.05, 0.1) is 13.0 Å². The molecule has 0 saturated heterocycles. The molecule has 0 aliphatic heterocycles. The number of hydrogen-bond donors (Lipinski definition) is 9. The third-order valence-electron chi connectivity index (χ3n) is 5.53. The van der Waals surface area contributed by atoms with E-state index in [1.807, 2.05) is 24.3 Å². The molecule has 13 N–H and O–H groups in total. The van der Waals surface area contributed by atoms with Gasteiger partial charge in [0, 0.05) is 30.1 Å². The summed E-state index contributed by atoms with van der Waals surface area (Å²) < 4.78 is 0. The van der Waals surface area contributed by atoms with Gasteiger partial charge in [-0.05, 0) is 24.5 Å². The highest BCUT2D eigenvalue weighted by atomic mass is 16.4. The first-order chi connectivity index (χ1) is 18.0. The largest absolute Gasteiger partial charge is 0.480 e. The highest BCUT2D eigenvalue weighted by Crippen LogP contribution is 2.19. The average Bonchev–Trinajstić information content (AvgIpc) is 3.26. The predicted octanol–water partition coefficient (Wildman–Crippen LogP) is -2.86. The number of primary amides is 1. The van der Waals surface area contributed by atoms with Crippen molar-refractivity contribution in [1.29, 1.82) is 0 Å². The lowest BCUT2D eigenvalue weighted by Gasteiger charge is -2.24. The Morgan fingerprint density at radius 1 is 0.947 bits per heavy atom. The SMILES string of the molecule is NCC(=O)NC(Cc1c[nH]c2ccccc12)C(=O)NC(CC(N)=O)C(=O)NC(CCCN=C(N)N)C(=O)O. The minimum Gasteiger partial charge on any atom is -0.480 e. The predicted molar refractivity (Wildman–Crippen MR) is 138 cm³/mol. The van der Waals surface area contributed by atoms with E-state index in [4.69, 9.17) is 22.9 Å². The van der Waals surface area contributed by atoms with Gasteiger partial charge in [0.1, 0.15) is 18.1 Å². The fourth-order valence-electron chi connectivity index (χ4n) is 3.70. The number of aliphatic imine (C=N–C) groups is 1. The van der Waals surface area contributed by atoms with E-state index in [9.17, 15) is 29.1 Å². The maximum atomic E-state index is 13.2. The molecule has 0 aliphatic carbocycles. The van der Waals surface area contributed by atoms with E-state index in [2.05, 4.69) is 25.9 Å². The average molecular weight is 532 g/mol. The summed E-state index contributed by atoms with van der Waals surface area (Å²) in [4.78, 5) is 68.2. The number of carbonyl (C=O) groups excluding carboxylic acids is 4. The van der Waals surface area contributed by atoms with E-state index in [0.717, 1.165) is 10.9 Å². The Kier molecular flexibility index (Phi) is 11.0. The summed E-state index contributed by atoms with van der Waals surface area (Å²) >= 11 is 0. The van der Waals surface area contributed by atoms with Crippen molar-refractivity contribution in [3.8, 4) is 0 Å². The zero-order valence-electron chi connectivity index (χ0n) is 20.6. The molecule has 15 nitrogen and oxygen atoms in total. The van der Waals surface area contributed by atoms with E-state index >= 15 is 0 Å². The number of carboxylic acid groups (broad SMARTS) is 1. The molecule has 2 aromatic rings. The number of hydrogen-bond acceptors (Lipinski definition) is 7. The molecule has 2 rings (SSSR count). The first-order valence-electron chi connectivity index (χ1n) is 11.7. The lowest BCUT2D eigenvalue weighted by molar-refractivity contribution is -0.142. The van der Waals surface area contributed by atoms with Crippen molar-refractivity contribution in [2.75, 3.05) is 13.1 Å². The first-order valence-corrected chi connectivity index (χ1v) is 11.7. The summed E-state index contributed by atoms with van der Waals surface area (Å²) in [6.45, 7) is -0.247. The minimum atomic E-state index is -1.50. The van der Waals surface area contributed by atoms with Crippen LogP contribution in [0.1, 0.15) is 24.8 Å². The fraction of sp³-hybridized carbons (Fsp3) is 0.391. The fourth-order valence-corrected chi connectivity index (χ4v) is 3.70. The number of benzene rings is 1. The number of nitrogens with zero attached hydrogens (tertiary/aromatic N) is 1. The number of para-hydroxylation sites is 1. The van der Waals surface area contributed by atoms with Crippen molar-refractivity contribution in [2.45, 2.75) is 43.8 Å². The molecule has 15 heteroatoms. The van der Waals surface area contributed by atoms with Crippen molar-refractivity contribution in [3.63, 3.8) is 0 Å². The maximum Gasteiger partial charge on any atom is 0.326 e. The summed E-state index contributed by atoms with van der Waals surface area (Å²) in [5.74, 6) is -4.76. The van der Waals surface area contributed by atoms with Gasteiger partial charge < -0.3 is 49.0 Å². The monoisotopic (exact) mass is 531 g/mol. The van der Waals surface area contributed by atoms with Crippen molar-refractivity contribution in [2.24, 2.45) is 27.9 Å². The van der Waals surface area contributed by atoms with Gasteiger partial charge in [0.25, 0.3) is 0 Å². The summed E-state index contributed by atoms with van der Waals surface area (Å²) in [7, 11) is 0. The van der Waals surface area contributed by atoms with E-state index in [0.29, 0.717) is 5.56 Å².